The lowest BCUT2D eigenvalue weighted by atomic mass is 9.41. The van der Waals surface area contributed by atoms with E-state index in [-0.39, 0.29) is 58.5 Å². The van der Waals surface area contributed by atoms with E-state index in [2.05, 4.69) is 32.7 Å². The van der Waals surface area contributed by atoms with Gasteiger partial charge in [-0.1, -0.05) is 34.1 Å². The molecule has 1 amide bonds. The fraction of sp³-hybridized carbons (Fsp3) is 0.818. The Morgan fingerprint density at radius 1 is 1.05 bits per heavy atom. The van der Waals surface area contributed by atoms with E-state index in [0.29, 0.717) is 29.4 Å². The predicted octanol–water partition coefficient (Wildman–Crippen LogP) is 5.30. The summed E-state index contributed by atoms with van der Waals surface area (Å²) in [4.78, 5) is 16.6. The van der Waals surface area contributed by atoms with Crippen molar-refractivity contribution in [2.45, 2.75) is 115 Å². The number of aliphatic hydroxyl groups excluding tert-OH is 2. The first-order valence-electron chi connectivity index (χ1n) is 16.6. The van der Waals surface area contributed by atoms with Gasteiger partial charge in [0.25, 0.3) is 10.0 Å². The highest BCUT2D eigenvalue weighted by atomic mass is 32.2. The first-order chi connectivity index (χ1) is 20.4. The summed E-state index contributed by atoms with van der Waals surface area (Å²) in [5, 5.41) is 22.2. The summed E-state index contributed by atoms with van der Waals surface area (Å²) in [5.41, 5.74) is 0.179. The van der Waals surface area contributed by atoms with Crippen LogP contribution in [0.5, 0.6) is 5.75 Å². The van der Waals surface area contributed by atoms with E-state index in [9.17, 15) is 23.4 Å². The van der Waals surface area contributed by atoms with Gasteiger partial charge in [-0.05, 0) is 122 Å². The van der Waals surface area contributed by atoms with Gasteiger partial charge in [-0.2, -0.15) is 8.42 Å². The van der Waals surface area contributed by atoms with Crippen molar-refractivity contribution in [2.75, 3.05) is 6.61 Å². The molecule has 43 heavy (non-hydrogen) atoms. The van der Waals surface area contributed by atoms with Gasteiger partial charge < -0.3 is 19.7 Å². The maximum absolute atomic E-state index is 12.7. The minimum Gasteiger partial charge on any atom is -0.489 e. The minimum absolute atomic E-state index is 0.0251. The van der Waals surface area contributed by atoms with Crippen LogP contribution in [0.15, 0.2) is 23.4 Å². The van der Waals surface area contributed by atoms with E-state index in [1.165, 1.54) is 12.3 Å². The number of ether oxygens (including phenoxy) is 2. The number of nitrogens with one attached hydrogen (secondary N) is 1. The third-order valence-electron chi connectivity index (χ3n) is 12.7. The molecule has 240 valence electrons. The molecular formula is C33H50N2O7S. The van der Waals surface area contributed by atoms with E-state index >= 15 is 0 Å². The van der Waals surface area contributed by atoms with Gasteiger partial charge in [0.1, 0.15) is 5.75 Å². The second kappa shape index (κ2) is 11.5. The normalized spacial score (nSPS) is 41.3. The highest BCUT2D eigenvalue weighted by Crippen LogP contribution is 2.69. The third-order valence-corrected chi connectivity index (χ3v) is 13.9. The number of pyridine rings is 1. The number of aliphatic hydroxyl groups is 2. The number of sulfonamides is 1. The van der Waals surface area contributed by atoms with Crippen molar-refractivity contribution >= 4 is 16.1 Å². The molecular weight excluding hydrogens is 568 g/mol. The van der Waals surface area contributed by atoms with Crippen LogP contribution >= 0.6 is 0 Å². The van der Waals surface area contributed by atoms with Crippen LogP contribution in [0.4, 0.5) is 4.79 Å². The van der Waals surface area contributed by atoms with E-state index < -0.39 is 16.1 Å². The Hall–Kier alpha value is -1.91. The SMILES string of the molecule is CC[C@H]1[C@@H](O)[C@@H]2[C@H](CC[C@]3(C)[C@@H]([C@H](C)COC(=O)NS(=O)(=O)c4ccc(OC5CC5)cn4)CC[C@@H]23)[C@@]2(C)CC[C@@H](O)C[C@@H]12. The Labute approximate surface area is 256 Å². The summed E-state index contributed by atoms with van der Waals surface area (Å²) in [6.45, 7) is 9.23. The second-order valence-electron chi connectivity index (χ2n) is 15.0. The monoisotopic (exact) mass is 618 g/mol. The van der Waals surface area contributed by atoms with Gasteiger partial charge in [-0.3, -0.25) is 0 Å². The molecule has 0 bridgehead atoms. The van der Waals surface area contributed by atoms with Gasteiger partial charge in [0.15, 0.2) is 5.03 Å². The number of carbonyl (C=O) groups excluding carboxylic acids is 1. The molecule has 0 spiro atoms. The first kappa shape index (κ1) is 31.1. The summed E-state index contributed by atoms with van der Waals surface area (Å²) in [7, 11) is -4.17. The van der Waals surface area contributed by atoms with E-state index in [1.807, 2.05) is 4.72 Å². The van der Waals surface area contributed by atoms with Crippen LogP contribution in [0.25, 0.3) is 0 Å². The molecule has 5 aliphatic rings. The zero-order chi connectivity index (χ0) is 30.7. The van der Waals surface area contributed by atoms with Crippen molar-refractivity contribution in [3.05, 3.63) is 18.3 Å². The summed E-state index contributed by atoms with van der Waals surface area (Å²) >= 11 is 0. The molecule has 5 saturated carbocycles. The molecule has 1 aromatic rings. The van der Waals surface area contributed by atoms with E-state index in [4.69, 9.17) is 9.47 Å². The number of amides is 1. The fourth-order valence-electron chi connectivity index (χ4n) is 10.4. The smallest absolute Gasteiger partial charge is 0.421 e. The molecule has 5 fully saturated rings. The highest BCUT2D eigenvalue weighted by molar-refractivity contribution is 7.90. The molecule has 0 saturated heterocycles. The molecule has 0 radical (unpaired) electrons. The molecule has 6 rings (SSSR count). The number of carbonyl (C=O) groups is 1. The molecule has 1 aromatic heterocycles. The molecule has 11 atom stereocenters. The van der Waals surface area contributed by atoms with Crippen molar-refractivity contribution < 1.29 is 32.9 Å². The maximum atomic E-state index is 12.7. The zero-order valence-electron chi connectivity index (χ0n) is 26.1. The number of fused-ring (bicyclic) bond motifs is 5. The van der Waals surface area contributed by atoms with Crippen molar-refractivity contribution in [3.8, 4) is 5.75 Å². The van der Waals surface area contributed by atoms with Crippen LogP contribution in [-0.4, -0.2) is 54.6 Å². The van der Waals surface area contributed by atoms with E-state index in [0.717, 1.165) is 64.2 Å². The molecule has 1 heterocycles. The molecule has 0 aliphatic heterocycles. The standard InChI is InChI=1S/C33H50N2O7S/c1-5-23-27-16-20(36)12-14-33(27,4)26-13-15-32(3)24(9-10-25(32)29(26)30(23)37)19(2)18-41-31(38)35-43(39,40)28-11-8-22(17-34-28)42-21-6-7-21/h8,11,17,19-21,23-27,29-30,36-37H,5-7,9-10,12-16,18H2,1-4H3,(H,35,38)/t19-,20-,23-,24-,25+,26+,27+,29+,30-,32-,33-/m1/s1. The zero-order valence-corrected chi connectivity index (χ0v) is 26.9. The van der Waals surface area contributed by atoms with Crippen molar-refractivity contribution in [2.24, 2.45) is 52.3 Å². The lowest BCUT2D eigenvalue weighted by molar-refractivity contribution is -0.203. The summed E-state index contributed by atoms with van der Waals surface area (Å²) in [6.07, 6.45) is 9.75. The number of nitrogens with zero attached hydrogens (tertiary/aromatic N) is 1. The molecule has 5 aliphatic carbocycles. The number of aromatic nitrogens is 1. The Balaban J connectivity index is 1.09. The van der Waals surface area contributed by atoms with Crippen LogP contribution in [0, 0.1) is 52.3 Å². The topological polar surface area (TPSA) is 135 Å². The molecule has 3 N–H and O–H groups in total. The first-order valence-corrected chi connectivity index (χ1v) is 18.0. The summed E-state index contributed by atoms with van der Waals surface area (Å²) in [5.74, 6) is 2.57. The Morgan fingerprint density at radius 3 is 2.44 bits per heavy atom. The minimum atomic E-state index is -4.17. The quantitative estimate of drug-likeness (QED) is 0.357. The average Bonchev–Trinajstić information content (AvgIpc) is 3.71. The average molecular weight is 619 g/mol. The number of rotatable bonds is 8. The van der Waals surface area contributed by atoms with Gasteiger partial charge in [-0.15, -0.1) is 0 Å². The Bertz CT molecular complexity index is 1290. The van der Waals surface area contributed by atoms with Crippen LogP contribution in [-0.2, 0) is 14.8 Å². The van der Waals surface area contributed by atoms with Crippen LogP contribution in [0.2, 0.25) is 0 Å². The second-order valence-corrected chi connectivity index (χ2v) is 16.6. The molecule has 0 aromatic carbocycles. The van der Waals surface area contributed by atoms with Gasteiger partial charge in [0, 0.05) is 0 Å². The van der Waals surface area contributed by atoms with Gasteiger partial charge in [-0.25, -0.2) is 14.5 Å². The number of hydrogen-bond acceptors (Lipinski definition) is 8. The van der Waals surface area contributed by atoms with Gasteiger partial charge >= 0.3 is 6.09 Å². The van der Waals surface area contributed by atoms with Crippen LogP contribution < -0.4 is 9.46 Å². The molecule has 10 heteroatoms. The Morgan fingerprint density at radius 2 is 1.77 bits per heavy atom. The largest absolute Gasteiger partial charge is 0.489 e. The Kier molecular flexibility index (Phi) is 8.29. The van der Waals surface area contributed by atoms with Crippen LogP contribution in [0.1, 0.15) is 91.9 Å². The highest BCUT2D eigenvalue weighted by Gasteiger charge is 2.65. The predicted molar refractivity (Wildman–Crippen MR) is 160 cm³/mol. The maximum Gasteiger partial charge on any atom is 0.421 e. The van der Waals surface area contributed by atoms with E-state index in [1.54, 1.807) is 6.07 Å². The molecule has 9 nitrogen and oxygen atoms in total. The summed E-state index contributed by atoms with van der Waals surface area (Å²) in [6, 6.07) is 2.87. The summed E-state index contributed by atoms with van der Waals surface area (Å²) < 4.78 is 38.6. The third kappa shape index (κ3) is 5.58. The van der Waals surface area contributed by atoms with Crippen molar-refractivity contribution in [3.63, 3.8) is 0 Å². The van der Waals surface area contributed by atoms with Crippen molar-refractivity contribution in [1.82, 2.24) is 9.71 Å². The van der Waals surface area contributed by atoms with Gasteiger partial charge in [0.2, 0.25) is 0 Å². The number of hydrogen-bond donors (Lipinski definition) is 3. The molecule has 0 unspecified atom stereocenters. The van der Waals surface area contributed by atoms with Crippen molar-refractivity contribution in [1.29, 1.82) is 0 Å². The fourth-order valence-corrected chi connectivity index (χ4v) is 11.2. The lowest BCUT2D eigenvalue weighted by Gasteiger charge is -2.64. The van der Waals surface area contributed by atoms with Crippen LogP contribution in [0.3, 0.4) is 0 Å². The van der Waals surface area contributed by atoms with Gasteiger partial charge in [0.05, 0.1) is 31.1 Å². The lowest BCUT2D eigenvalue weighted by Crippen LogP contribution is -2.62.